The van der Waals surface area contributed by atoms with Crippen LogP contribution in [0.25, 0.3) is 0 Å². The standard InChI is InChI=1S/C11H21NO2/c1-3-11(2,9-14)8-12-6-4-5-10(12)7-13/h9-10,13H,3-8H2,1-2H3. The molecule has 0 aromatic rings. The molecule has 1 heterocycles. The molecule has 14 heavy (non-hydrogen) atoms. The first-order valence-corrected chi connectivity index (χ1v) is 5.46. The minimum Gasteiger partial charge on any atom is -0.395 e. The normalized spacial score (nSPS) is 27.5. The fraction of sp³-hybridized carbons (Fsp3) is 0.909. The molecule has 1 saturated heterocycles. The van der Waals surface area contributed by atoms with Crippen molar-refractivity contribution in [2.45, 2.75) is 39.2 Å². The Morgan fingerprint density at radius 1 is 1.64 bits per heavy atom. The summed E-state index contributed by atoms with van der Waals surface area (Å²) in [5, 5.41) is 9.15. The Balaban J connectivity index is 2.53. The molecule has 2 unspecified atom stereocenters. The van der Waals surface area contributed by atoms with Gasteiger partial charge in [-0.25, -0.2) is 0 Å². The molecule has 2 atom stereocenters. The number of nitrogens with zero attached hydrogens (tertiary/aromatic N) is 1. The van der Waals surface area contributed by atoms with E-state index in [1.165, 1.54) is 0 Å². The van der Waals surface area contributed by atoms with E-state index in [1.807, 2.05) is 13.8 Å². The van der Waals surface area contributed by atoms with Crippen molar-refractivity contribution >= 4 is 6.29 Å². The van der Waals surface area contributed by atoms with E-state index in [0.717, 1.165) is 38.6 Å². The van der Waals surface area contributed by atoms with Crippen molar-refractivity contribution in [1.82, 2.24) is 4.90 Å². The van der Waals surface area contributed by atoms with Gasteiger partial charge in [0.2, 0.25) is 0 Å². The molecule has 82 valence electrons. The van der Waals surface area contributed by atoms with Gasteiger partial charge in [0.05, 0.1) is 6.61 Å². The van der Waals surface area contributed by atoms with Crippen molar-refractivity contribution in [1.29, 1.82) is 0 Å². The van der Waals surface area contributed by atoms with Crippen LogP contribution in [0.2, 0.25) is 0 Å². The third kappa shape index (κ3) is 2.55. The molecule has 1 aliphatic rings. The fourth-order valence-electron chi connectivity index (χ4n) is 2.01. The number of rotatable bonds is 5. The van der Waals surface area contributed by atoms with E-state index >= 15 is 0 Å². The summed E-state index contributed by atoms with van der Waals surface area (Å²) >= 11 is 0. The highest BCUT2D eigenvalue weighted by atomic mass is 16.3. The predicted molar refractivity (Wildman–Crippen MR) is 56.1 cm³/mol. The molecule has 0 aliphatic carbocycles. The minimum atomic E-state index is -0.238. The molecule has 0 saturated carbocycles. The van der Waals surface area contributed by atoms with E-state index in [-0.39, 0.29) is 18.1 Å². The maximum Gasteiger partial charge on any atom is 0.127 e. The highest BCUT2D eigenvalue weighted by molar-refractivity contribution is 5.58. The van der Waals surface area contributed by atoms with Crippen molar-refractivity contribution in [3.8, 4) is 0 Å². The molecule has 0 aromatic carbocycles. The van der Waals surface area contributed by atoms with E-state index in [9.17, 15) is 4.79 Å². The van der Waals surface area contributed by atoms with Gasteiger partial charge in [0.15, 0.2) is 0 Å². The van der Waals surface area contributed by atoms with Gasteiger partial charge in [-0.3, -0.25) is 4.90 Å². The largest absolute Gasteiger partial charge is 0.395 e. The SMILES string of the molecule is CCC(C)(C=O)CN1CCCC1CO. The molecule has 3 heteroatoms. The molecule has 0 radical (unpaired) electrons. The molecular weight excluding hydrogens is 178 g/mol. The molecule has 1 aliphatic heterocycles. The molecule has 0 bridgehead atoms. The first-order valence-electron chi connectivity index (χ1n) is 5.46. The van der Waals surface area contributed by atoms with Crippen molar-refractivity contribution in [3.05, 3.63) is 0 Å². The summed E-state index contributed by atoms with van der Waals surface area (Å²) in [6.07, 6.45) is 4.13. The predicted octanol–water partition coefficient (Wildman–Crippen LogP) is 1.06. The Bertz CT molecular complexity index is 196. The zero-order chi connectivity index (χ0) is 10.6. The summed E-state index contributed by atoms with van der Waals surface area (Å²) < 4.78 is 0. The van der Waals surface area contributed by atoms with Gasteiger partial charge in [0.25, 0.3) is 0 Å². The Morgan fingerprint density at radius 3 is 2.86 bits per heavy atom. The highest BCUT2D eigenvalue weighted by Crippen LogP contribution is 2.25. The second-order valence-corrected chi connectivity index (χ2v) is 4.57. The number of hydrogen-bond acceptors (Lipinski definition) is 3. The number of aldehydes is 1. The van der Waals surface area contributed by atoms with Crippen LogP contribution in [0.5, 0.6) is 0 Å². The summed E-state index contributed by atoms with van der Waals surface area (Å²) in [5.74, 6) is 0. The summed E-state index contributed by atoms with van der Waals surface area (Å²) in [6, 6.07) is 0.279. The molecule has 3 nitrogen and oxygen atoms in total. The van der Waals surface area contributed by atoms with E-state index in [1.54, 1.807) is 0 Å². The maximum atomic E-state index is 11.0. The topological polar surface area (TPSA) is 40.5 Å². The van der Waals surface area contributed by atoms with Crippen LogP contribution in [0.3, 0.4) is 0 Å². The summed E-state index contributed by atoms with van der Waals surface area (Å²) in [4.78, 5) is 13.2. The van der Waals surface area contributed by atoms with Crippen LogP contribution in [0.4, 0.5) is 0 Å². The monoisotopic (exact) mass is 199 g/mol. The van der Waals surface area contributed by atoms with Gasteiger partial charge in [-0.15, -0.1) is 0 Å². The number of carbonyl (C=O) groups is 1. The van der Waals surface area contributed by atoms with Crippen LogP contribution < -0.4 is 0 Å². The van der Waals surface area contributed by atoms with E-state index in [0.29, 0.717) is 0 Å². The first kappa shape index (κ1) is 11.7. The maximum absolute atomic E-state index is 11.0. The molecule has 1 N–H and O–H groups in total. The molecule has 1 rings (SSSR count). The van der Waals surface area contributed by atoms with E-state index in [2.05, 4.69) is 4.90 Å². The average Bonchev–Trinajstić information content (AvgIpc) is 2.65. The first-order chi connectivity index (χ1) is 6.65. The lowest BCUT2D eigenvalue weighted by molar-refractivity contribution is -0.116. The number of aliphatic hydroxyl groups is 1. The Hall–Kier alpha value is -0.410. The second-order valence-electron chi connectivity index (χ2n) is 4.57. The van der Waals surface area contributed by atoms with Gasteiger partial charge in [-0.2, -0.15) is 0 Å². The van der Waals surface area contributed by atoms with Gasteiger partial charge in [-0.1, -0.05) is 13.8 Å². The van der Waals surface area contributed by atoms with Crippen LogP contribution in [-0.4, -0.2) is 42.0 Å². The summed E-state index contributed by atoms with van der Waals surface area (Å²) in [6.45, 7) is 6.07. The lowest BCUT2D eigenvalue weighted by Crippen LogP contribution is -2.41. The lowest BCUT2D eigenvalue weighted by atomic mass is 9.88. The smallest absolute Gasteiger partial charge is 0.127 e. The van der Waals surface area contributed by atoms with Crippen LogP contribution in [0.15, 0.2) is 0 Å². The van der Waals surface area contributed by atoms with Gasteiger partial charge in [0, 0.05) is 18.0 Å². The second kappa shape index (κ2) is 4.89. The van der Waals surface area contributed by atoms with Crippen molar-refractivity contribution in [2.75, 3.05) is 19.7 Å². The van der Waals surface area contributed by atoms with E-state index < -0.39 is 0 Å². The van der Waals surface area contributed by atoms with Crippen LogP contribution in [0.1, 0.15) is 33.1 Å². The number of carbonyl (C=O) groups excluding carboxylic acids is 1. The Morgan fingerprint density at radius 2 is 2.36 bits per heavy atom. The number of aliphatic hydroxyl groups excluding tert-OH is 1. The average molecular weight is 199 g/mol. The van der Waals surface area contributed by atoms with Crippen molar-refractivity contribution in [2.24, 2.45) is 5.41 Å². The quantitative estimate of drug-likeness (QED) is 0.673. The molecular formula is C11H21NO2. The summed E-state index contributed by atoms with van der Waals surface area (Å²) in [5.41, 5.74) is -0.238. The Labute approximate surface area is 86.1 Å². The zero-order valence-electron chi connectivity index (χ0n) is 9.20. The lowest BCUT2D eigenvalue weighted by Gasteiger charge is -2.31. The van der Waals surface area contributed by atoms with Crippen LogP contribution in [-0.2, 0) is 4.79 Å². The van der Waals surface area contributed by atoms with Gasteiger partial charge in [-0.05, 0) is 25.8 Å². The Kier molecular flexibility index (Phi) is 4.08. The molecule has 1 fully saturated rings. The number of likely N-dealkylation sites (tertiary alicyclic amines) is 1. The van der Waals surface area contributed by atoms with Crippen LogP contribution >= 0.6 is 0 Å². The minimum absolute atomic E-state index is 0.221. The van der Waals surface area contributed by atoms with E-state index in [4.69, 9.17) is 5.11 Å². The van der Waals surface area contributed by atoms with Gasteiger partial charge in [0.1, 0.15) is 6.29 Å². The molecule has 0 spiro atoms. The van der Waals surface area contributed by atoms with Gasteiger partial charge < -0.3 is 9.90 Å². The third-order valence-electron chi connectivity index (χ3n) is 3.37. The van der Waals surface area contributed by atoms with Gasteiger partial charge >= 0.3 is 0 Å². The third-order valence-corrected chi connectivity index (χ3v) is 3.37. The van der Waals surface area contributed by atoms with Crippen molar-refractivity contribution in [3.63, 3.8) is 0 Å². The molecule has 0 amide bonds. The molecule has 0 aromatic heterocycles. The van der Waals surface area contributed by atoms with Crippen LogP contribution in [0, 0.1) is 5.41 Å². The summed E-state index contributed by atoms with van der Waals surface area (Å²) in [7, 11) is 0. The number of hydrogen-bond donors (Lipinski definition) is 1. The van der Waals surface area contributed by atoms with Crippen molar-refractivity contribution < 1.29 is 9.90 Å². The highest BCUT2D eigenvalue weighted by Gasteiger charge is 2.31. The fourth-order valence-corrected chi connectivity index (χ4v) is 2.01. The zero-order valence-corrected chi connectivity index (χ0v) is 9.20.